The predicted molar refractivity (Wildman–Crippen MR) is 225 cm³/mol. The van der Waals surface area contributed by atoms with E-state index >= 15 is 0 Å². The lowest BCUT2D eigenvalue weighted by Crippen LogP contribution is -2.31. The van der Waals surface area contributed by atoms with Gasteiger partial charge in [-0.3, -0.25) is 10.1 Å². The molecule has 0 bridgehead atoms. The average Bonchev–Trinajstić information content (AvgIpc) is 4.24. The highest BCUT2D eigenvalue weighted by Gasteiger charge is 2.38. The molecule has 3 heterocycles. The van der Waals surface area contributed by atoms with Gasteiger partial charge >= 0.3 is 11.9 Å². The van der Waals surface area contributed by atoms with Gasteiger partial charge in [-0.05, 0) is 111 Å². The minimum atomic E-state index is -3.34. The number of rotatable bonds is 16. The van der Waals surface area contributed by atoms with Gasteiger partial charge in [0.25, 0.3) is 5.91 Å². The Morgan fingerprint density at radius 2 is 1.16 bits per heavy atom. The van der Waals surface area contributed by atoms with Gasteiger partial charge in [0, 0.05) is 26.4 Å². The summed E-state index contributed by atoms with van der Waals surface area (Å²) in [6, 6.07) is 18.8. The number of benzene rings is 3. The summed E-state index contributed by atoms with van der Waals surface area (Å²) in [5, 5.41) is 12.4. The number of thiazole rings is 1. The van der Waals surface area contributed by atoms with Crippen molar-refractivity contribution in [1.29, 1.82) is 0 Å². The van der Waals surface area contributed by atoms with E-state index in [1.165, 1.54) is 49.7 Å². The molecular formula is C43H48N2O14S3. The normalized spacial score (nSPS) is 18.4. The fraction of sp³-hybridized carbons (Fsp3) is 0.442. The fourth-order valence-electron chi connectivity index (χ4n) is 6.81. The first-order valence-corrected chi connectivity index (χ1v) is 24.2. The molecule has 16 nitrogen and oxygen atoms in total. The molecule has 2 unspecified atom stereocenters. The number of carboxylic acid groups (broad SMARTS) is 1. The van der Waals surface area contributed by atoms with Crippen molar-refractivity contribution < 1.29 is 64.7 Å². The number of sulfone groups is 2. The smallest absolute Gasteiger partial charge is 0.337 e. The summed E-state index contributed by atoms with van der Waals surface area (Å²) in [7, 11) is -5.29. The summed E-state index contributed by atoms with van der Waals surface area (Å²) in [6.07, 6.45) is 4.51. The van der Waals surface area contributed by atoms with E-state index in [-0.39, 0.29) is 32.5 Å². The number of carboxylic acids is 1. The summed E-state index contributed by atoms with van der Waals surface area (Å²) in [6.45, 7) is 2.22. The maximum atomic E-state index is 13.4. The number of nitrogens with zero attached hydrogens (tertiary/aromatic N) is 1. The molecule has 1 amide bonds. The van der Waals surface area contributed by atoms with Crippen LogP contribution in [-0.2, 0) is 52.9 Å². The van der Waals surface area contributed by atoms with Crippen molar-refractivity contribution in [2.75, 3.05) is 38.9 Å². The second-order valence-corrected chi connectivity index (χ2v) is 20.7. The van der Waals surface area contributed by atoms with Crippen molar-refractivity contribution in [1.82, 2.24) is 4.98 Å². The van der Waals surface area contributed by atoms with E-state index in [0.29, 0.717) is 110 Å². The van der Waals surface area contributed by atoms with E-state index in [2.05, 4.69) is 10.3 Å². The number of carbonyl (C=O) groups excluding carboxylic acids is 2. The molecule has 332 valence electrons. The van der Waals surface area contributed by atoms with Crippen LogP contribution in [0.3, 0.4) is 0 Å². The van der Waals surface area contributed by atoms with Crippen molar-refractivity contribution in [2.45, 2.75) is 96.1 Å². The molecule has 2 saturated carbocycles. The van der Waals surface area contributed by atoms with Gasteiger partial charge in [-0.2, -0.15) is 0 Å². The van der Waals surface area contributed by atoms with Gasteiger partial charge in [0.15, 0.2) is 37.0 Å². The highest BCUT2D eigenvalue weighted by atomic mass is 32.2. The van der Waals surface area contributed by atoms with Gasteiger partial charge in [-0.1, -0.05) is 35.6 Å². The molecule has 0 spiro atoms. The third-order valence-electron chi connectivity index (χ3n) is 10.6. The Balaban J connectivity index is 0.000000213. The Morgan fingerprint density at radius 1 is 0.694 bits per heavy atom. The quantitative estimate of drug-likeness (QED) is 0.115. The van der Waals surface area contributed by atoms with Gasteiger partial charge < -0.3 is 33.5 Å². The molecule has 1 aromatic heterocycles. The largest absolute Gasteiger partial charge is 0.479 e. The van der Waals surface area contributed by atoms with Crippen molar-refractivity contribution in [3.05, 3.63) is 95.7 Å². The zero-order valence-corrected chi connectivity index (χ0v) is 36.3. The van der Waals surface area contributed by atoms with Crippen LogP contribution in [0.5, 0.6) is 10.8 Å². The van der Waals surface area contributed by atoms with Gasteiger partial charge in [-0.25, -0.2) is 31.4 Å². The monoisotopic (exact) mass is 912 g/mol. The van der Waals surface area contributed by atoms with E-state index in [9.17, 15) is 36.3 Å². The lowest BCUT2D eigenvalue weighted by Gasteiger charge is -2.27. The van der Waals surface area contributed by atoms with Crippen LogP contribution < -0.4 is 10.1 Å². The third-order valence-corrected chi connectivity index (χ3v) is 16.0. The zero-order valence-electron chi connectivity index (χ0n) is 33.9. The van der Waals surface area contributed by atoms with Crippen LogP contribution in [0, 0.1) is 0 Å². The average molecular weight is 913 g/mol. The second-order valence-electron chi connectivity index (χ2n) is 15.2. The van der Waals surface area contributed by atoms with Crippen LogP contribution in [0.25, 0.3) is 0 Å². The molecule has 2 atom stereocenters. The minimum Gasteiger partial charge on any atom is -0.479 e. The topological polar surface area (TPSA) is 220 Å². The first-order valence-electron chi connectivity index (χ1n) is 20.3. The maximum absolute atomic E-state index is 13.4. The van der Waals surface area contributed by atoms with E-state index in [0.717, 1.165) is 11.3 Å². The molecule has 2 N–H and O–H groups in total. The lowest BCUT2D eigenvalue weighted by molar-refractivity contribution is -0.158. The van der Waals surface area contributed by atoms with Gasteiger partial charge in [0.05, 0.1) is 51.4 Å². The zero-order chi connectivity index (χ0) is 43.9. The van der Waals surface area contributed by atoms with Crippen molar-refractivity contribution in [3.8, 4) is 10.8 Å². The van der Waals surface area contributed by atoms with E-state index in [1.54, 1.807) is 36.4 Å². The lowest BCUT2D eigenvalue weighted by atomic mass is 10.1. The number of amides is 1. The second kappa shape index (κ2) is 20.2. The highest BCUT2D eigenvalue weighted by Crippen LogP contribution is 2.36. The van der Waals surface area contributed by atoms with Crippen molar-refractivity contribution in [3.63, 3.8) is 0 Å². The summed E-state index contributed by atoms with van der Waals surface area (Å²) < 4.78 is 82.6. The fourth-order valence-corrected chi connectivity index (χ4v) is 10.8. The van der Waals surface area contributed by atoms with E-state index in [1.807, 2.05) is 0 Å². The van der Waals surface area contributed by atoms with Crippen LogP contribution in [0.4, 0.5) is 5.13 Å². The Labute approximate surface area is 363 Å². The summed E-state index contributed by atoms with van der Waals surface area (Å²) in [5.74, 6) is -1.45. The summed E-state index contributed by atoms with van der Waals surface area (Å²) >= 11 is 1.13. The maximum Gasteiger partial charge on any atom is 0.337 e. The number of nitrogens with one attached hydrogen (secondary N) is 1. The predicted octanol–water partition coefficient (Wildman–Crippen LogP) is 6.48. The van der Waals surface area contributed by atoms with Crippen LogP contribution >= 0.6 is 11.3 Å². The van der Waals surface area contributed by atoms with Gasteiger partial charge in [-0.15, -0.1) is 0 Å². The van der Waals surface area contributed by atoms with Crippen LogP contribution in [0.15, 0.2) is 88.8 Å². The Morgan fingerprint density at radius 3 is 1.61 bits per heavy atom. The Bertz CT molecular complexity index is 2390. The standard InChI is InChI=1S/C27H28N2O8S2.C16H20O6S/c1-34-26(31)18-2-6-19(7-3-18)36-23-16-28-27(38-23)29-25(30)24(37-20-12-14-35-15-13-20)17-4-8-21(9-5-17)39(32,33)22-10-11-22;17-16(18)15(22-12-7-9-21-10-8-12)11-1-3-13(4-2-11)23(19,20)14-5-6-14/h2-9,16,20,22,24H,10-15H2,1H3,(H,28,29,30);1-4,12,14-15H,5-10H2,(H,17,18). The molecule has 4 fully saturated rings. The number of ether oxygens (including phenoxy) is 6. The van der Waals surface area contributed by atoms with Crippen LogP contribution in [0.1, 0.15) is 85.1 Å². The van der Waals surface area contributed by atoms with E-state index in [4.69, 9.17) is 28.4 Å². The molecule has 2 aliphatic heterocycles. The molecule has 4 aromatic rings. The van der Waals surface area contributed by atoms with Gasteiger partial charge in [0.2, 0.25) is 5.06 Å². The van der Waals surface area contributed by atoms with Crippen molar-refractivity contribution in [2.24, 2.45) is 0 Å². The Hall–Kier alpha value is -4.76. The number of anilines is 1. The molecule has 2 aliphatic carbocycles. The number of aromatic nitrogens is 1. The first kappa shape index (κ1) is 45.3. The van der Waals surface area contributed by atoms with Crippen molar-refractivity contribution >= 4 is 54.0 Å². The van der Waals surface area contributed by atoms with E-state index < -0.39 is 49.7 Å². The molecule has 19 heteroatoms. The molecule has 8 rings (SSSR count). The molecule has 62 heavy (non-hydrogen) atoms. The number of esters is 1. The molecule has 0 radical (unpaired) electrons. The number of hydrogen-bond donors (Lipinski definition) is 2. The Kier molecular flexibility index (Phi) is 14.7. The summed E-state index contributed by atoms with van der Waals surface area (Å²) in [5.41, 5.74) is 1.40. The van der Waals surface area contributed by atoms with Crippen LogP contribution in [0.2, 0.25) is 0 Å². The molecular weight excluding hydrogens is 865 g/mol. The number of aliphatic carboxylic acids is 1. The number of carbonyl (C=O) groups is 3. The summed E-state index contributed by atoms with van der Waals surface area (Å²) in [4.78, 5) is 41.2. The van der Waals surface area contributed by atoms with Crippen LogP contribution in [-0.4, -0.2) is 101 Å². The minimum absolute atomic E-state index is 0.153. The SMILES string of the molecule is COC(=O)c1ccc(Oc2cnc(NC(=O)C(OC3CCOCC3)c3ccc(S(=O)(=O)C4CC4)cc3)s2)cc1.O=C(O)C(OC1CCOCC1)c1ccc(S(=O)(=O)C2CC2)cc1. The van der Waals surface area contributed by atoms with Gasteiger partial charge in [0.1, 0.15) is 5.75 Å². The molecule has 2 saturated heterocycles. The first-order chi connectivity index (χ1) is 29.8. The third kappa shape index (κ3) is 11.6. The number of methoxy groups -OCH3 is 1. The number of hydrogen-bond acceptors (Lipinski definition) is 15. The highest BCUT2D eigenvalue weighted by molar-refractivity contribution is 7.92. The molecule has 4 aliphatic rings. The molecule has 3 aromatic carbocycles.